The molecule has 27 heavy (non-hydrogen) atoms. The van der Waals surface area contributed by atoms with E-state index < -0.39 is 0 Å². The molecule has 2 atom stereocenters. The monoisotopic (exact) mass is 383 g/mol. The minimum Gasteiger partial charge on any atom is -0.341 e. The van der Waals surface area contributed by atoms with Crippen molar-refractivity contribution in [1.82, 2.24) is 20.2 Å². The van der Waals surface area contributed by atoms with Gasteiger partial charge in [-0.3, -0.25) is 4.90 Å². The van der Waals surface area contributed by atoms with E-state index in [2.05, 4.69) is 27.6 Å². The summed E-state index contributed by atoms with van der Waals surface area (Å²) in [6.07, 6.45) is 1.70. The van der Waals surface area contributed by atoms with Gasteiger partial charge in [0, 0.05) is 23.3 Å². The molecular formula is C20H22ClN5O. The number of carbonyl (C=O) groups excluding carboxylic acids is 1. The molecular weight excluding hydrogens is 362 g/mol. The Bertz CT molecular complexity index is 923. The Labute approximate surface area is 162 Å². The molecule has 0 aliphatic carbocycles. The van der Waals surface area contributed by atoms with Crippen LogP contribution in [0.4, 0.5) is 10.5 Å². The minimum atomic E-state index is -0.213. The number of nitrogens with zero attached hydrogens (tertiary/aromatic N) is 2. The molecule has 1 aliphatic heterocycles. The number of amides is 2. The molecule has 2 amide bonds. The zero-order valence-electron chi connectivity index (χ0n) is 15.1. The molecule has 0 spiro atoms. The molecule has 1 aliphatic rings. The van der Waals surface area contributed by atoms with E-state index in [-0.39, 0.29) is 18.1 Å². The number of hydrogen-bond donors (Lipinski definition) is 3. The lowest BCUT2D eigenvalue weighted by Crippen LogP contribution is -2.46. The van der Waals surface area contributed by atoms with Crippen molar-refractivity contribution in [3.8, 4) is 0 Å². The van der Waals surface area contributed by atoms with Gasteiger partial charge in [0.05, 0.1) is 17.1 Å². The first-order chi connectivity index (χ1) is 13.1. The Morgan fingerprint density at radius 1 is 1.26 bits per heavy atom. The predicted molar refractivity (Wildman–Crippen MR) is 108 cm³/mol. The highest BCUT2D eigenvalue weighted by Gasteiger charge is 2.30. The normalized spacial score (nSPS) is 20.5. The van der Waals surface area contributed by atoms with Gasteiger partial charge in [-0.05, 0) is 50.2 Å². The summed E-state index contributed by atoms with van der Waals surface area (Å²) in [5, 5.41) is 6.52. The second-order valence-corrected chi connectivity index (χ2v) is 7.40. The van der Waals surface area contributed by atoms with Crippen LogP contribution in [0, 0.1) is 0 Å². The topological polar surface area (TPSA) is 73.1 Å². The standard InChI is InChI=1S/C20H22ClN5O/c1-26-10-9-15(23-20(27)22-14-6-4-5-13(21)11-14)12-18(26)19-24-16-7-2-3-8-17(16)25-19/h2-8,11,15,18H,9-10,12H2,1H3,(H,24,25)(H2,22,23,27)/t15?,18-/m1/s1. The lowest BCUT2D eigenvalue weighted by molar-refractivity contribution is 0.153. The van der Waals surface area contributed by atoms with Gasteiger partial charge in [-0.2, -0.15) is 0 Å². The number of nitrogens with one attached hydrogen (secondary N) is 3. The van der Waals surface area contributed by atoms with Gasteiger partial charge in [0.25, 0.3) is 0 Å². The van der Waals surface area contributed by atoms with Crippen molar-refractivity contribution in [3.63, 3.8) is 0 Å². The largest absolute Gasteiger partial charge is 0.341 e. The summed E-state index contributed by atoms with van der Waals surface area (Å²) in [5.74, 6) is 0.945. The summed E-state index contributed by atoms with van der Waals surface area (Å²) in [6.45, 7) is 0.893. The third kappa shape index (κ3) is 4.07. The number of aromatic nitrogens is 2. The Balaban J connectivity index is 1.43. The highest BCUT2D eigenvalue weighted by molar-refractivity contribution is 6.30. The number of para-hydroxylation sites is 2. The maximum absolute atomic E-state index is 12.4. The third-order valence-electron chi connectivity index (χ3n) is 5.01. The van der Waals surface area contributed by atoms with Crippen molar-refractivity contribution in [2.24, 2.45) is 0 Å². The molecule has 1 aromatic heterocycles. The average Bonchev–Trinajstić information content (AvgIpc) is 3.07. The fourth-order valence-corrected chi connectivity index (χ4v) is 3.77. The SMILES string of the molecule is CN1CCC(NC(=O)Nc2cccc(Cl)c2)C[C@@H]1c1nc2ccccc2[nH]1. The molecule has 2 heterocycles. The fraction of sp³-hybridized carbons (Fsp3) is 0.300. The first-order valence-electron chi connectivity index (χ1n) is 9.06. The van der Waals surface area contributed by atoms with Gasteiger partial charge in [-0.1, -0.05) is 29.8 Å². The van der Waals surface area contributed by atoms with Crippen molar-refractivity contribution >= 4 is 34.4 Å². The van der Waals surface area contributed by atoms with E-state index in [1.54, 1.807) is 12.1 Å². The molecule has 7 heteroatoms. The second kappa shape index (κ2) is 7.58. The Hall–Kier alpha value is -2.57. The fourth-order valence-electron chi connectivity index (χ4n) is 3.58. The molecule has 3 aromatic rings. The van der Waals surface area contributed by atoms with E-state index in [9.17, 15) is 4.79 Å². The molecule has 1 unspecified atom stereocenters. The van der Waals surface area contributed by atoms with E-state index >= 15 is 0 Å². The van der Waals surface area contributed by atoms with Crippen LogP contribution >= 0.6 is 11.6 Å². The molecule has 6 nitrogen and oxygen atoms in total. The molecule has 1 saturated heterocycles. The van der Waals surface area contributed by atoms with Crippen molar-refractivity contribution in [1.29, 1.82) is 0 Å². The smallest absolute Gasteiger partial charge is 0.319 e. The van der Waals surface area contributed by atoms with Crippen LogP contribution in [0.2, 0.25) is 5.02 Å². The zero-order chi connectivity index (χ0) is 18.8. The highest BCUT2D eigenvalue weighted by atomic mass is 35.5. The third-order valence-corrected chi connectivity index (χ3v) is 5.25. The molecule has 4 rings (SSSR count). The van der Waals surface area contributed by atoms with E-state index in [1.807, 2.05) is 36.4 Å². The lowest BCUT2D eigenvalue weighted by Gasteiger charge is -2.36. The number of benzene rings is 2. The number of imidazole rings is 1. The summed E-state index contributed by atoms with van der Waals surface area (Å²) < 4.78 is 0. The minimum absolute atomic E-state index is 0.0820. The van der Waals surface area contributed by atoms with Crippen LogP contribution in [-0.4, -0.2) is 40.5 Å². The van der Waals surface area contributed by atoms with Crippen molar-refractivity contribution < 1.29 is 4.79 Å². The van der Waals surface area contributed by atoms with Crippen LogP contribution in [0.1, 0.15) is 24.7 Å². The number of carbonyl (C=O) groups is 1. The van der Waals surface area contributed by atoms with E-state index in [0.29, 0.717) is 10.7 Å². The first-order valence-corrected chi connectivity index (χ1v) is 9.44. The first kappa shape index (κ1) is 17.8. The van der Waals surface area contributed by atoms with Gasteiger partial charge in [0.15, 0.2) is 0 Å². The number of H-pyrrole nitrogens is 1. The summed E-state index contributed by atoms with van der Waals surface area (Å²) >= 11 is 5.97. The van der Waals surface area contributed by atoms with E-state index in [4.69, 9.17) is 16.6 Å². The quantitative estimate of drug-likeness (QED) is 0.635. The maximum Gasteiger partial charge on any atom is 0.319 e. The molecule has 1 fully saturated rings. The molecule has 2 aromatic carbocycles. The number of anilines is 1. The van der Waals surface area contributed by atoms with Gasteiger partial charge in [0.2, 0.25) is 0 Å². The molecule has 0 radical (unpaired) electrons. The summed E-state index contributed by atoms with van der Waals surface area (Å²) in [5.41, 5.74) is 2.69. The Morgan fingerprint density at radius 2 is 2.11 bits per heavy atom. The van der Waals surface area contributed by atoms with Gasteiger partial charge in [0.1, 0.15) is 5.82 Å². The predicted octanol–water partition coefficient (Wildman–Crippen LogP) is 4.17. The second-order valence-electron chi connectivity index (χ2n) is 6.97. The zero-order valence-corrected chi connectivity index (χ0v) is 15.8. The lowest BCUT2D eigenvalue weighted by atomic mass is 9.97. The average molecular weight is 384 g/mol. The number of likely N-dealkylation sites (tertiary alicyclic amines) is 1. The summed E-state index contributed by atoms with van der Waals surface area (Å²) in [7, 11) is 2.10. The van der Waals surface area contributed by atoms with Gasteiger partial charge >= 0.3 is 6.03 Å². The summed E-state index contributed by atoms with van der Waals surface area (Å²) in [4.78, 5) is 22.8. The number of rotatable bonds is 3. The van der Waals surface area contributed by atoms with Crippen LogP contribution in [0.25, 0.3) is 11.0 Å². The maximum atomic E-state index is 12.4. The highest BCUT2D eigenvalue weighted by Crippen LogP contribution is 2.29. The van der Waals surface area contributed by atoms with Gasteiger partial charge < -0.3 is 15.6 Å². The van der Waals surface area contributed by atoms with Gasteiger partial charge in [-0.15, -0.1) is 0 Å². The number of halogens is 1. The number of piperidine rings is 1. The van der Waals surface area contributed by atoms with Crippen LogP contribution in [0.3, 0.4) is 0 Å². The van der Waals surface area contributed by atoms with Crippen LogP contribution in [-0.2, 0) is 0 Å². The molecule has 0 saturated carbocycles. The molecule has 3 N–H and O–H groups in total. The van der Waals surface area contributed by atoms with E-state index in [1.165, 1.54) is 0 Å². The molecule has 140 valence electrons. The van der Waals surface area contributed by atoms with Crippen molar-refractivity contribution in [2.75, 3.05) is 18.9 Å². The Morgan fingerprint density at radius 3 is 2.93 bits per heavy atom. The Kier molecular flexibility index (Phi) is 5.01. The van der Waals surface area contributed by atoms with Crippen molar-refractivity contribution in [2.45, 2.75) is 24.9 Å². The van der Waals surface area contributed by atoms with Crippen LogP contribution < -0.4 is 10.6 Å². The number of hydrogen-bond acceptors (Lipinski definition) is 3. The van der Waals surface area contributed by atoms with E-state index in [0.717, 1.165) is 36.2 Å². The number of fused-ring (bicyclic) bond motifs is 1. The van der Waals surface area contributed by atoms with Crippen molar-refractivity contribution in [3.05, 3.63) is 59.4 Å². The van der Waals surface area contributed by atoms with Crippen LogP contribution in [0.5, 0.6) is 0 Å². The summed E-state index contributed by atoms with van der Waals surface area (Å²) in [6, 6.07) is 15.2. The van der Waals surface area contributed by atoms with Gasteiger partial charge in [-0.25, -0.2) is 9.78 Å². The molecule has 0 bridgehead atoms. The number of aromatic amines is 1. The van der Waals surface area contributed by atoms with Crippen LogP contribution in [0.15, 0.2) is 48.5 Å². The number of urea groups is 1.